The van der Waals surface area contributed by atoms with Gasteiger partial charge in [-0.15, -0.1) is 0 Å². The number of hydrogen-bond acceptors (Lipinski definition) is 9. The summed E-state index contributed by atoms with van der Waals surface area (Å²) in [5, 5.41) is 12.3. The minimum absolute atomic E-state index is 0.00988. The van der Waals surface area contributed by atoms with Crippen LogP contribution in [0.3, 0.4) is 0 Å². The second-order valence-corrected chi connectivity index (χ2v) is 16.8. The summed E-state index contributed by atoms with van der Waals surface area (Å²) in [6.07, 6.45) is 0.137. The molecule has 2 aromatic carbocycles. The van der Waals surface area contributed by atoms with E-state index in [0.29, 0.717) is 13.0 Å². The maximum atomic E-state index is 14.2. The molecule has 0 radical (unpaired) electrons. The summed E-state index contributed by atoms with van der Waals surface area (Å²) >= 11 is 0. The Morgan fingerprint density at radius 1 is 0.845 bits per heavy atom. The Kier molecular flexibility index (Phi) is 16.4. The van der Waals surface area contributed by atoms with Crippen molar-refractivity contribution in [2.45, 2.75) is 116 Å². The summed E-state index contributed by atoms with van der Waals surface area (Å²) in [7, 11) is 6.36. The Morgan fingerprint density at radius 2 is 1.40 bits per heavy atom. The highest BCUT2D eigenvalue weighted by atomic mass is 16.6. The number of rotatable bonds is 19. The summed E-state index contributed by atoms with van der Waals surface area (Å²) in [4.78, 5) is 72.6. The van der Waals surface area contributed by atoms with Crippen LogP contribution in [0.4, 0.5) is 4.79 Å². The highest BCUT2D eigenvalue weighted by molar-refractivity contribution is 6.01. The van der Waals surface area contributed by atoms with E-state index in [2.05, 4.69) is 17.4 Å². The topological polar surface area (TPSA) is 155 Å². The predicted octanol–water partition coefficient (Wildman–Crippen LogP) is 6.04. The quantitative estimate of drug-likeness (QED) is 0.172. The molecule has 1 saturated heterocycles. The molecule has 1 heterocycles. The molecule has 0 aromatic heterocycles. The fourth-order valence-corrected chi connectivity index (χ4v) is 9.33. The maximum absolute atomic E-state index is 14.2. The number of fused-ring (bicyclic) bond motifs is 3. The number of carboxylic acid groups (broad SMARTS) is 1. The molecule has 1 fully saturated rings. The first-order chi connectivity index (χ1) is 27.5. The Labute approximate surface area is 344 Å². The number of carbonyl (C=O) groups excluding carboxylic acids is 4. The highest BCUT2D eigenvalue weighted by Crippen LogP contribution is 2.44. The Bertz CT molecular complexity index is 1700. The van der Waals surface area contributed by atoms with E-state index in [1.807, 2.05) is 89.9 Å². The van der Waals surface area contributed by atoms with Crippen molar-refractivity contribution in [1.82, 2.24) is 20.0 Å². The summed E-state index contributed by atoms with van der Waals surface area (Å²) in [6, 6.07) is 13.5. The van der Waals surface area contributed by atoms with Crippen LogP contribution in [-0.2, 0) is 33.4 Å². The second kappa shape index (κ2) is 20.6. The van der Waals surface area contributed by atoms with Gasteiger partial charge in [0.15, 0.2) is 0 Å². The van der Waals surface area contributed by atoms with Gasteiger partial charge < -0.3 is 24.2 Å². The molecule has 1 aliphatic heterocycles. The van der Waals surface area contributed by atoms with E-state index >= 15 is 0 Å². The van der Waals surface area contributed by atoms with E-state index in [0.717, 1.165) is 35.1 Å². The fourth-order valence-electron chi connectivity index (χ4n) is 9.33. The van der Waals surface area contributed by atoms with Gasteiger partial charge >= 0.3 is 12.1 Å². The lowest BCUT2D eigenvalue weighted by Crippen LogP contribution is -2.60. The van der Waals surface area contributed by atoms with Crippen LogP contribution in [0.5, 0.6) is 0 Å². The monoisotopic (exact) mass is 806 g/mol. The zero-order chi connectivity index (χ0) is 43.0. The molecule has 1 aliphatic carbocycles. The minimum atomic E-state index is -0.999. The number of benzene rings is 2. The first-order valence-corrected chi connectivity index (χ1v) is 20.7. The van der Waals surface area contributed by atoms with Gasteiger partial charge in [-0.3, -0.25) is 34.3 Å². The molecule has 58 heavy (non-hydrogen) atoms. The zero-order valence-corrected chi connectivity index (χ0v) is 36.3. The van der Waals surface area contributed by atoms with Crippen LogP contribution in [0.15, 0.2) is 48.5 Å². The number of aliphatic carboxylic acids is 1. The van der Waals surface area contributed by atoms with Crippen molar-refractivity contribution in [2.24, 2.45) is 23.7 Å². The van der Waals surface area contributed by atoms with Crippen LogP contribution in [-0.4, -0.2) is 127 Å². The Balaban J connectivity index is 1.48. The number of carboxylic acids is 1. The van der Waals surface area contributed by atoms with Crippen molar-refractivity contribution in [2.75, 3.05) is 41.5 Å². The largest absolute Gasteiger partial charge is 0.481 e. The van der Waals surface area contributed by atoms with Crippen molar-refractivity contribution in [1.29, 1.82) is 0 Å². The molecule has 0 saturated carbocycles. The number of hydrogen-bond donors (Lipinski definition) is 2. The number of nitrogens with zero attached hydrogens (tertiary/aromatic N) is 3. The number of carbonyl (C=O) groups is 5. The number of methoxy groups -OCH3 is 2. The average molecular weight is 807 g/mol. The number of likely N-dealkylation sites (N-methyl/N-ethyl adjacent to an activating group) is 2. The van der Waals surface area contributed by atoms with Crippen molar-refractivity contribution in [3.63, 3.8) is 0 Å². The number of amides is 4. The van der Waals surface area contributed by atoms with Crippen LogP contribution >= 0.6 is 0 Å². The normalized spacial score (nSPS) is 18.9. The lowest BCUT2D eigenvalue weighted by Gasteiger charge is -2.43. The second-order valence-electron chi connectivity index (χ2n) is 16.8. The third-order valence-electron chi connectivity index (χ3n) is 12.4. The summed E-state index contributed by atoms with van der Waals surface area (Å²) < 4.78 is 17.5. The molecule has 2 N–H and O–H groups in total. The molecule has 320 valence electrons. The SMILES string of the molecule is CC[C@H](C)[C@@H]([C@@H](CC(=O)N1CCC[C@H]1[C@H](OC)[C@@H](C)C(=O)O)OC)N(C)[C@H](C(=O)NC(=O)[C@H](C(C)C)N(C)C(=O)OCC1c2ccccc2-c2ccccc21)C(C)C. The van der Waals surface area contributed by atoms with Crippen LogP contribution in [0.25, 0.3) is 11.1 Å². The van der Waals surface area contributed by atoms with Crippen molar-refractivity contribution in [3.05, 3.63) is 59.7 Å². The molecule has 4 amide bonds. The van der Waals surface area contributed by atoms with Gasteiger partial charge in [-0.2, -0.15) is 0 Å². The number of ether oxygens (including phenoxy) is 3. The van der Waals surface area contributed by atoms with Gasteiger partial charge in [0, 0.05) is 39.8 Å². The van der Waals surface area contributed by atoms with Crippen LogP contribution in [0.2, 0.25) is 0 Å². The molecule has 13 heteroatoms. The van der Waals surface area contributed by atoms with E-state index < -0.39 is 60.1 Å². The van der Waals surface area contributed by atoms with Crippen LogP contribution in [0.1, 0.15) is 91.2 Å². The van der Waals surface area contributed by atoms with Gasteiger partial charge in [-0.25, -0.2) is 4.79 Å². The van der Waals surface area contributed by atoms with Gasteiger partial charge in [0.25, 0.3) is 0 Å². The van der Waals surface area contributed by atoms with Gasteiger partial charge in [0.1, 0.15) is 12.6 Å². The van der Waals surface area contributed by atoms with Gasteiger partial charge in [-0.05, 0) is 66.8 Å². The lowest BCUT2D eigenvalue weighted by molar-refractivity contribution is -0.152. The molecular formula is C45H66N4O9. The first-order valence-electron chi connectivity index (χ1n) is 20.7. The van der Waals surface area contributed by atoms with E-state index in [9.17, 15) is 29.1 Å². The molecule has 0 bridgehead atoms. The average Bonchev–Trinajstić information content (AvgIpc) is 3.79. The molecule has 2 aliphatic rings. The molecule has 13 nitrogen and oxygen atoms in total. The molecule has 0 spiro atoms. The predicted molar refractivity (Wildman–Crippen MR) is 222 cm³/mol. The van der Waals surface area contributed by atoms with E-state index in [4.69, 9.17) is 14.2 Å². The van der Waals surface area contributed by atoms with E-state index in [-0.39, 0.29) is 48.6 Å². The number of nitrogens with one attached hydrogen (secondary N) is 1. The number of likely N-dealkylation sites (tertiary alicyclic amines) is 1. The number of imide groups is 1. The van der Waals surface area contributed by atoms with Crippen LogP contribution < -0.4 is 5.32 Å². The van der Waals surface area contributed by atoms with Gasteiger partial charge in [-0.1, -0.05) is 96.5 Å². The zero-order valence-electron chi connectivity index (χ0n) is 36.3. The highest BCUT2D eigenvalue weighted by Gasteiger charge is 2.44. The Morgan fingerprint density at radius 3 is 1.90 bits per heavy atom. The molecule has 2 aromatic rings. The molecular weight excluding hydrogens is 741 g/mol. The fraction of sp³-hybridized carbons (Fsp3) is 0.622. The first kappa shape index (κ1) is 46.4. The third kappa shape index (κ3) is 10.1. The minimum Gasteiger partial charge on any atom is -0.481 e. The lowest BCUT2D eigenvalue weighted by atomic mass is 9.88. The third-order valence-corrected chi connectivity index (χ3v) is 12.4. The molecule has 0 unspecified atom stereocenters. The van der Waals surface area contributed by atoms with Crippen molar-refractivity contribution < 1.29 is 43.3 Å². The summed E-state index contributed by atoms with van der Waals surface area (Å²) in [5.74, 6) is -3.87. The smallest absolute Gasteiger partial charge is 0.410 e. The Hall–Kier alpha value is -4.33. The molecule has 8 atom stereocenters. The van der Waals surface area contributed by atoms with Crippen molar-refractivity contribution >= 4 is 29.8 Å². The van der Waals surface area contributed by atoms with Crippen molar-refractivity contribution in [3.8, 4) is 11.1 Å². The summed E-state index contributed by atoms with van der Waals surface area (Å²) in [6.45, 7) is 13.7. The van der Waals surface area contributed by atoms with E-state index in [1.165, 1.54) is 19.1 Å². The molecule has 4 rings (SSSR count). The standard InChI is InChI=1S/C45H66N4O9/c1-12-28(6)40(36(56-10)24-37(50)49-23-17-22-35(49)41(57-11)29(7)44(53)54)47(8)38(26(2)3)42(51)46-43(52)39(27(4)5)48(9)45(55)58-25-34-32-20-15-13-18-30(32)31-19-14-16-21-33(31)34/h13-16,18-21,26-29,34-36,38-41H,12,17,22-25H2,1-11H3,(H,53,54)(H,46,51,52)/t28-,29+,35-,36+,38-,39-,40-,41+/m0/s1. The van der Waals surface area contributed by atoms with Gasteiger partial charge in [0.2, 0.25) is 17.7 Å². The summed E-state index contributed by atoms with van der Waals surface area (Å²) in [5.41, 5.74) is 4.37. The maximum Gasteiger partial charge on any atom is 0.410 e. The van der Waals surface area contributed by atoms with E-state index in [1.54, 1.807) is 18.9 Å². The van der Waals surface area contributed by atoms with Crippen LogP contribution in [0, 0.1) is 23.7 Å². The van der Waals surface area contributed by atoms with Gasteiger partial charge in [0.05, 0.1) is 36.6 Å².